The first kappa shape index (κ1) is 15.2. The fraction of sp³-hybridized carbons (Fsp3) is 0.267. The van der Waals surface area contributed by atoms with Crippen LogP contribution in [0.25, 0.3) is 0 Å². The van der Waals surface area contributed by atoms with E-state index in [0.717, 1.165) is 11.4 Å². The zero-order valence-electron chi connectivity index (χ0n) is 11.9. The molecule has 21 heavy (non-hydrogen) atoms. The van der Waals surface area contributed by atoms with Crippen molar-refractivity contribution in [2.75, 3.05) is 11.9 Å². The van der Waals surface area contributed by atoms with E-state index >= 15 is 0 Å². The number of nitrogens with one attached hydrogen (secondary N) is 1. The largest absolute Gasteiger partial charge is 0.462 e. The van der Waals surface area contributed by atoms with Crippen LogP contribution in [0.2, 0.25) is 0 Å². The molecule has 0 bridgehead atoms. The fourth-order valence-electron chi connectivity index (χ4n) is 1.63. The van der Waals surface area contributed by atoms with Crippen LogP contribution in [0.15, 0.2) is 29.6 Å². The van der Waals surface area contributed by atoms with Crippen LogP contribution in [0.3, 0.4) is 0 Å². The third-order valence-electron chi connectivity index (χ3n) is 2.67. The summed E-state index contributed by atoms with van der Waals surface area (Å²) in [5.74, 6) is -0.620. The number of rotatable bonds is 5. The van der Waals surface area contributed by atoms with Crippen LogP contribution in [-0.4, -0.2) is 23.5 Å². The van der Waals surface area contributed by atoms with Gasteiger partial charge in [-0.1, -0.05) is 6.92 Å². The molecule has 0 radical (unpaired) electrons. The van der Waals surface area contributed by atoms with Crippen molar-refractivity contribution in [3.8, 4) is 0 Å². The van der Waals surface area contributed by atoms with Crippen molar-refractivity contribution in [1.29, 1.82) is 0 Å². The van der Waals surface area contributed by atoms with Crippen molar-refractivity contribution < 1.29 is 14.3 Å². The van der Waals surface area contributed by atoms with Gasteiger partial charge < -0.3 is 10.1 Å². The van der Waals surface area contributed by atoms with Crippen molar-refractivity contribution in [2.24, 2.45) is 0 Å². The molecule has 0 atom stereocenters. The van der Waals surface area contributed by atoms with E-state index in [1.165, 1.54) is 11.3 Å². The van der Waals surface area contributed by atoms with E-state index in [2.05, 4.69) is 10.3 Å². The lowest BCUT2D eigenvalue weighted by molar-refractivity contribution is 0.0505. The van der Waals surface area contributed by atoms with E-state index in [1.807, 2.05) is 13.8 Å². The highest BCUT2D eigenvalue weighted by Crippen LogP contribution is 2.14. The van der Waals surface area contributed by atoms with Gasteiger partial charge >= 0.3 is 5.97 Å². The fourth-order valence-corrected chi connectivity index (χ4v) is 2.22. The summed E-state index contributed by atoms with van der Waals surface area (Å²) >= 11 is 1.42. The topological polar surface area (TPSA) is 68.3 Å². The smallest absolute Gasteiger partial charge is 0.338 e. The van der Waals surface area contributed by atoms with Gasteiger partial charge in [-0.25, -0.2) is 9.78 Å². The molecule has 2 aromatic rings. The second kappa shape index (κ2) is 6.99. The molecule has 5 nitrogen and oxygen atoms in total. The molecule has 1 heterocycles. The normalized spacial score (nSPS) is 10.2. The van der Waals surface area contributed by atoms with Gasteiger partial charge in [-0.2, -0.15) is 0 Å². The van der Waals surface area contributed by atoms with Gasteiger partial charge in [0.2, 0.25) is 0 Å². The zero-order valence-corrected chi connectivity index (χ0v) is 12.7. The summed E-state index contributed by atoms with van der Waals surface area (Å²) in [7, 11) is 0. The minimum atomic E-state index is -0.357. The van der Waals surface area contributed by atoms with E-state index in [1.54, 1.807) is 29.6 Å². The summed E-state index contributed by atoms with van der Waals surface area (Å²) in [6.07, 6.45) is 0.785. The second-order valence-electron chi connectivity index (χ2n) is 4.42. The zero-order chi connectivity index (χ0) is 15.2. The molecule has 1 N–H and O–H groups in total. The average Bonchev–Trinajstić information content (AvgIpc) is 2.92. The first-order valence-electron chi connectivity index (χ1n) is 6.61. The maximum atomic E-state index is 11.9. The lowest BCUT2D eigenvalue weighted by Crippen LogP contribution is -2.12. The highest BCUT2D eigenvalue weighted by molar-refractivity contribution is 7.09. The molecule has 0 saturated heterocycles. The summed E-state index contributed by atoms with van der Waals surface area (Å²) in [6, 6.07) is 6.58. The molecule has 0 aliphatic rings. The summed E-state index contributed by atoms with van der Waals surface area (Å²) in [6.45, 7) is 4.19. The highest BCUT2D eigenvalue weighted by atomic mass is 32.1. The van der Waals surface area contributed by atoms with Crippen molar-refractivity contribution in [1.82, 2.24) is 4.98 Å². The Bertz CT molecular complexity index is 635. The van der Waals surface area contributed by atoms with Crippen LogP contribution >= 0.6 is 11.3 Å². The van der Waals surface area contributed by atoms with Gasteiger partial charge in [0.25, 0.3) is 5.91 Å². The molecule has 110 valence electrons. The Balaban J connectivity index is 1.99. The van der Waals surface area contributed by atoms with Crippen LogP contribution in [0.1, 0.15) is 39.2 Å². The van der Waals surface area contributed by atoms with Gasteiger partial charge in [-0.05, 0) is 37.6 Å². The summed E-state index contributed by atoms with van der Waals surface area (Å²) < 4.78 is 5.04. The van der Waals surface area contributed by atoms with Crippen molar-refractivity contribution in [2.45, 2.75) is 20.3 Å². The Morgan fingerprint density at radius 1 is 1.29 bits per heavy atom. The molecule has 6 heteroatoms. The van der Waals surface area contributed by atoms with Gasteiger partial charge in [0.1, 0.15) is 5.69 Å². The van der Waals surface area contributed by atoms with Crippen LogP contribution < -0.4 is 5.32 Å². The Hall–Kier alpha value is -2.21. The highest BCUT2D eigenvalue weighted by Gasteiger charge is 2.11. The van der Waals surface area contributed by atoms with Crippen LogP contribution in [0, 0.1) is 6.92 Å². The number of ether oxygens (including phenoxy) is 1. The van der Waals surface area contributed by atoms with Gasteiger partial charge in [0, 0.05) is 11.1 Å². The summed E-state index contributed by atoms with van der Waals surface area (Å²) in [5, 5.41) is 5.29. The third-order valence-corrected chi connectivity index (χ3v) is 3.44. The van der Waals surface area contributed by atoms with E-state index in [0.29, 0.717) is 23.6 Å². The molecule has 0 fully saturated rings. The molecule has 0 spiro atoms. The number of carbonyl (C=O) groups excluding carboxylic acids is 2. The lowest BCUT2D eigenvalue weighted by atomic mass is 10.2. The number of anilines is 1. The molecule has 0 aliphatic heterocycles. The molecule has 2 rings (SSSR count). The Morgan fingerprint density at radius 3 is 2.57 bits per heavy atom. The van der Waals surface area contributed by atoms with E-state index in [4.69, 9.17) is 4.74 Å². The first-order chi connectivity index (χ1) is 10.1. The van der Waals surface area contributed by atoms with Gasteiger partial charge in [-0.3, -0.25) is 4.79 Å². The Morgan fingerprint density at radius 2 is 2.00 bits per heavy atom. The molecule has 0 aliphatic carbocycles. The molecule has 1 aromatic carbocycles. The maximum Gasteiger partial charge on any atom is 0.338 e. The Labute approximate surface area is 127 Å². The number of aryl methyl sites for hydroxylation is 1. The number of hydrogen-bond acceptors (Lipinski definition) is 5. The van der Waals surface area contributed by atoms with Crippen LogP contribution in [0.4, 0.5) is 5.69 Å². The number of hydrogen-bond donors (Lipinski definition) is 1. The van der Waals surface area contributed by atoms with Gasteiger partial charge in [-0.15, -0.1) is 11.3 Å². The second-order valence-corrected chi connectivity index (χ2v) is 5.48. The number of aromatic nitrogens is 1. The molecular weight excluding hydrogens is 288 g/mol. The molecule has 0 saturated carbocycles. The standard InChI is InChI=1S/C15H16N2O3S/c1-3-8-20-15(19)11-4-6-12(7-5-11)17-14(18)13-9-21-10(2)16-13/h4-7,9H,3,8H2,1-2H3,(H,17,18). The third kappa shape index (κ3) is 4.13. The predicted molar refractivity (Wildman–Crippen MR) is 81.8 cm³/mol. The van der Waals surface area contributed by atoms with Crippen molar-refractivity contribution >= 4 is 28.9 Å². The SMILES string of the molecule is CCCOC(=O)c1ccc(NC(=O)c2csc(C)n2)cc1. The van der Waals surface area contributed by atoms with Gasteiger partial charge in [0.15, 0.2) is 0 Å². The van der Waals surface area contributed by atoms with Crippen molar-refractivity contribution in [3.05, 3.63) is 45.9 Å². The molecule has 0 unspecified atom stereocenters. The number of benzene rings is 1. The van der Waals surface area contributed by atoms with Crippen LogP contribution in [-0.2, 0) is 4.74 Å². The number of esters is 1. The molecule has 1 amide bonds. The average molecular weight is 304 g/mol. The minimum absolute atomic E-state index is 0.263. The summed E-state index contributed by atoms with van der Waals surface area (Å²) in [5.41, 5.74) is 1.47. The van der Waals surface area contributed by atoms with E-state index in [-0.39, 0.29) is 11.9 Å². The lowest BCUT2D eigenvalue weighted by Gasteiger charge is -2.05. The van der Waals surface area contributed by atoms with E-state index in [9.17, 15) is 9.59 Å². The first-order valence-corrected chi connectivity index (χ1v) is 7.48. The number of nitrogens with zero attached hydrogens (tertiary/aromatic N) is 1. The summed E-state index contributed by atoms with van der Waals surface area (Å²) in [4.78, 5) is 27.7. The number of carbonyl (C=O) groups is 2. The quantitative estimate of drug-likeness (QED) is 0.861. The van der Waals surface area contributed by atoms with Crippen LogP contribution in [0.5, 0.6) is 0 Å². The molecule has 1 aromatic heterocycles. The van der Waals surface area contributed by atoms with Gasteiger partial charge in [0.05, 0.1) is 17.2 Å². The Kier molecular flexibility index (Phi) is 5.05. The number of thiazole rings is 1. The number of amides is 1. The monoisotopic (exact) mass is 304 g/mol. The van der Waals surface area contributed by atoms with Crippen molar-refractivity contribution in [3.63, 3.8) is 0 Å². The predicted octanol–water partition coefficient (Wildman–Crippen LogP) is 3.27. The minimum Gasteiger partial charge on any atom is -0.462 e. The van der Waals surface area contributed by atoms with E-state index < -0.39 is 0 Å². The maximum absolute atomic E-state index is 11.9. The molecular formula is C15H16N2O3S.